The highest BCUT2D eigenvalue weighted by atomic mass is 15.1. The van der Waals surface area contributed by atoms with Crippen molar-refractivity contribution in [3.63, 3.8) is 0 Å². The minimum atomic E-state index is -0.145. The van der Waals surface area contributed by atoms with Crippen LogP contribution in [0, 0.1) is 0 Å². The molecule has 0 amide bonds. The van der Waals surface area contributed by atoms with Crippen molar-refractivity contribution in [3.05, 3.63) is 258 Å². The summed E-state index contributed by atoms with van der Waals surface area (Å²) in [7, 11) is 0. The fourth-order valence-electron chi connectivity index (χ4n) is 10.1. The lowest BCUT2D eigenvalue weighted by Gasteiger charge is -2.33. The molecule has 1 unspecified atom stereocenters. The van der Waals surface area contributed by atoms with Gasteiger partial charge in [0.1, 0.15) is 0 Å². The summed E-state index contributed by atoms with van der Waals surface area (Å²) in [6, 6.07) is 78.9. The smallest absolute Gasteiger partial charge is 0.0547 e. The van der Waals surface area contributed by atoms with Gasteiger partial charge in [0.05, 0.1) is 11.0 Å². The van der Waals surface area contributed by atoms with E-state index in [9.17, 15) is 0 Å². The molecule has 0 fully saturated rings. The zero-order valence-corrected chi connectivity index (χ0v) is 35.8. The summed E-state index contributed by atoms with van der Waals surface area (Å²) >= 11 is 0. The predicted molar refractivity (Wildman–Crippen MR) is 268 cm³/mol. The summed E-state index contributed by atoms with van der Waals surface area (Å²) in [4.78, 5) is 5.18. The SMILES string of the molecule is CC1(C)c2ccccc2-c2ccc(-c3ccc(-c4cccc(-c5ccc6c7ccccc7n(-c7cccc(C8=NC(c9ccccc9)=CC(c9ccccc9)[N-]8)c7)c6c5)c4)cc3)cc21. The van der Waals surface area contributed by atoms with Crippen molar-refractivity contribution in [2.24, 2.45) is 4.99 Å². The van der Waals surface area contributed by atoms with Crippen LogP contribution in [0.4, 0.5) is 0 Å². The third-order valence-electron chi connectivity index (χ3n) is 13.4. The molecule has 0 N–H and O–H groups in total. The van der Waals surface area contributed by atoms with E-state index in [1.165, 1.54) is 66.4 Å². The molecule has 1 aliphatic heterocycles. The molecule has 1 aliphatic carbocycles. The summed E-state index contributed by atoms with van der Waals surface area (Å²) in [6.07, 6.45) is 2.17. The van der Waals surface area contributed by atoms with Crippen molar-refractivity contribution in [1.82, 2.24) is 4.57 Å². The molecule has 0 bridgehead atoms. The Bertz CT molecular complexity index is 3480. The van der Waals surface area contributed by atoms with Crippen LogP contribution >= 0.6 is 0 Å². The van der Waals surface area contributed by atoms with Crippen LogP contribution in [0.15, 0.2) is 229 Å². The van der Waals surface area contributed by atoms with Gasteiger partial charge in [-0.05, 0) is 114 Å². The molecular weight excluding hydrogens is 775 g/mol. The van der Waals surface area contributed by atoms with E-state index in [4.69, 9.17) is 10.3 Å². The minimum absolute atomic E-state index is 0.0258. The topological polar surface area (TPSA) is 31.4 Å². The van der Waals surface area contributed by atoms with Gasteiger partial charge >= 0.3 is 0 Å². The third kappa shape index (κ3) is 6.39. The highest BCUT2D eigenvalue weighted by molar-refractivity contribution is 6.13. The molecule has 9 aromatic carbocycles. The van der Waals surface area contributed by atoms with E-state index < -0.39 is 0 Å². The first-order chi connectivity index (χ1) is 31.5. The highest BCUT2D eigenvalue weighted by Crippen LogP contribution is 2.49. The molecule has 3 heteroatoms. The Hall–Kier alpha value is -8.01. The molecule has 0 saturated carbocycles. The van der Waals surface area contributed by atoms with Crippen molar-refractivity contribution in [1.29, 1.82) is 0 Å². The molecule has 1 aromatic heterocycles. The predicted octanol–water partition coefficient (Wildman–Crippen LogP) is 16.0. The minimum Gasteiger partial charge on any atom is -0.454 e. The third-order valence-corrected chi connectivity index (χ3v) is 13.4. The summed E-state index contributed by atoms with van der Waals surface area (Å²) < 4.78 is 2.39. The van der Waals surface area contributed by atoms with Crippen LogP contribution < -0.4 is 0 Å². The Morgan fingerprint density at radius 1 is 0.422 bits per heavy atom. The van der Waals surface area contributed by atoms with E-state index in [0.717, 1.165) is 44.9 Å². The number of para-hydroxylation sites is 1. The maximum Gasteiger partial charge on any atom is 0.0547 e. The second kappa shape index (κ2) is 15.1. The number of benzene rings is 9. The Morgan fingerprint density at radius 2 is 1.00 bits per heavy atom. The molecule has 0 spiro atoms. The van der Waals surface area contributed by atoms with Gasteiger partial charge in [0.25, 0.3) is 0 Å². The second-order valence-corrected chi connectivity index (χ2v) is 17.6. The molecule has 0 saturated heterocycles. The quantitative estimate of drug-likeness (QED) is 0.153. The average Bonchev–Trinajstić information content (AvgIpc) is 3.82. The zero-order valence-electron chi connectivity index (χ0n) is 35.8. The van der Waals surface area contributed by atoms with E-state index in [-0.39, 0.29) is 11.5 Å². The van der Waals surface area contributed by atoms with Crippen molar-refractivity contribution < 1.29 is 0 Å². The van der Waals surface area contributed by atoms with Gasteiger partial charge in [-0.2, -0.15) is 0 Å². The summed E-state index contributed by atoms with van der Waals surface area (Å²) in [5, 5.41) is 7.68. The fraction of sp³-hybridized carbons (Fsp3) is 0.0656. The van der Waals surface area contributed by atoms with Crippen LogP contribution in [0.1, 0.15) is 47.7 Å². The number of rotatable bonds is 7. The molecule has 0 radical (unpaired) electrons. The average molecular weight is 819 g/mol. The lowest BCUT2D eigenvalue weighted by molar-refractivity contribution is 0.660. The van der Waals surface area contributed by atoms with E-state index in [2.05, 4.69) is 237 Å². The molecule has 12 rings (SSSR count). The number of aromatic nitrogens is 1. The Morgan fingerprint density at radius 3 is 1.81 bits per heavy atom. The van der Waals surface area contributed by atoms with Gasteiger partial charge < -0.3 is 14.9 Å². The first-order valence-corrected chi connectivity index (χ1v) is 22.2. The highest BCUT2D eigenvalue weighted by Gasteiger charge is 2.35. The van der Waals surface area contributed by atoms with Gasteiger partial charge in [-0.25, -0.2) is 0 Å². The maximum absolute atomic E-state index is 5.24. The summed E-state index contributed by atoms with van der Waals surface area (Å²) in [6.45, 7) is 4.69. The van der Waals surface area contributed by atoms with Gasteiger partial charge in [0.15, 0.2) is 0 Å². The molecule has 10 aromatic rings. The standard InChI is InChI=1S/C61H44N3/c1-61(2)54-25-11-9-23-50(54)51-33-31-46(37-55(51)61)41-29-27-40(28-30-41)44-19-13-20-45(35-44)47-32-34-53-52-24-10-12-26-58(52)64(59(53)38-47)49-22-14-21-48(36-49)60-62-56(42-15-5-3-6-16-42)39-57(63-60)43-17-7-4-8-18-43/h3-39,56H,1-2H3/q-1. The molecule has 2 aliphatic rings. The lowest BCUT2D eigenvalue weighted by atomic mass is 9.81. The van der Waals surface area contributed by atoms with Gasteiger partial charge in [-0.3, -0.25) is 0 Å². The molecular formula is C61H44N3-. The molecule has 2 heterocycles. The normalized spacial score (nSPS) is 15.0. The zero-order chi connectivity index (χ0) is 42.8. The van der Waals surface area contributed by atoms with E-state index >= 15 is 0 Å². The monoisotopic (exact) mass is 818 g/mol. The van der Waals surface area contributed by atoms with Gasteiger partial charge in [-0.15, -0.1) is 0 Å². The van der Waals surface area contributed by atoms with Crippen LogP contribution in [0.2, 0.25) is 0 Å². The van der Waals surface area contributed by atoms with Gasteiger partial charge in [0, 0.05) is 27.9 Å². The van der Waals surface area contributed by atoms with E-state index in [0.29, 0.717) is 0 Å². The van der Waals surface area contributed by atoms with Crippen molar-refractivity contribution >= 4 is 33.3 Å². The van der Waals surface area contributed by atoms with E-state index in [1.54, 1.807) is 0 Å². The first-order valence-electron chi connectivity index (χ1n) is 22.2. The van der Waals surface area contributed by atoms with Crippen molar-refractivity contribution in [3.8, 4) is 50.2 Å². The second-order valence-electron chi connectivity index (χ2n) is 17.6. The largest absolute Gasteiger partial charge is 0.454 e. The molecule has 64 heavy (non-hydrogen) atoms. The number of hydrogen-bond acceptors (Lipinski definition) is 1. The first kappa shape index (κ1) is 37.7. The van der Waals surface area contributed by atoms with Crippen LogP contribution in [0.25, 0.3) is 83.0 Å². The van der Waals surface area contributed by atoms with Crippen molar-refractivity contribution in [2.45, 2.75) is 25.3 Å². The number of fused-ring (bicyclic) bond motifs is 6. The van der Waals surface area contributed by atoms with E-state index in [1.807, 2.05) is 6.07 Å². The molecule has 304 valence electrons. The number of hydrogen-bond donors (Lipinski definition) is 0. The van der Waals surface area contributed by atoms with Gasteiger partial charge in [-0.1, -0.05) is 208 Å². The Balaban J connectivity index is 0.888. The Kier molecular flexibility index (Phi) is 8.91. The summed E-state index contributed by atoms with van der Waals surface area (Å²) in [5.41, 5.74) is 20.2. The van der Waals surface area contributed by atoms with Crippen LogP contribution in [0.5, 0.6) is 0 Å². The van der Waals surface area contributed by atoms with Crippen LogP contribution in [-0.4, -0.2) is 10.4 Å². The molecule has 3 nitrogen and oxygen atoms in total. The Labute approximate surface area is 374 Å². The number of amidine groups is 1. The fourth-order valence-corrected chi connectivity index (χ4v) is 10.1. The number of nitrogens with zero attached hydrogens (tertiary/aromatic N) is 3. The maximum atomic E-state index is 5.24. The summed E-state index contributed by atoms with van der Waals surface area (Å²) in [5.74, 6) is 0.727. The van der Waals surface area contributed by atoms with Crippen LogP contribution in [0.3, 0.4) is 0 Å². The lowest BCUT2D eigenvalue weighted by Crippen LogP contribution is -2.14. The number of aliphatic imine (C=N–C) groups is 1. The van der Waals surface area contributed by atoms with Gasteiger partial charge in [0.2, 0.25) is 0 Å². The van der Waals surface area contributed by atoms with Crippen molar-refractivity contribution in [2.75, 3.05) is 0 Å². The molecule has 1 atom stereocenters. The van der Waals surface area contributed by atoms with Crippen LogP contribution in [-0.2, 0) is 5.41 Å².